The van der Waals surface area contributed by atoms with Crippen LogP contribution in [0.25, 0.3) is 5.65 Å². The number of pyridine rings is 1. The van der Waals surface area contributed by atoms with Gasteiger partial charge in [0.25, 0.3) is 0 Å². The van der Waals surface area contributed by atoms with Gasteiger partial charge in [0.2, 0.25) is 0 Å². The third-order valence-corrected chi connectivity index (χ3v) is 4.09. The lowest BCUT2D eigenvalue weighted by molar-refractivity contribution is 0.156. The van der Waals surface area contributed by atoms with Crippen LogP contribution in [-0.2, 0) is 6.54 Å². The smallest absolute Gasteiger partial charge is 0.137 e. The lowest BCUT2D eigenvalue weighted by Crippen LogP contribution is -2.45. The van der Waals surface area contributed by atoms with E-state index in [1.54, 1.807) is 0 Å². The third-order valence-electron chi connectivity index (χ3n) is 4.09. The van der Waals surface area contributed by atoms with Crippen molar-refractivity contribution >= 4 is 5.65 Å². The van der Waals surface area contributed by atoms with E-state index in [9.17, 15) is 0 Å². The number of aryl methyl sites for hydroxylation is 1. The van der Waals surface area contributed by atoms with Gasteiger partial charge in [0, 0.05) is 38.1 Å². The van der Waals surface area contributed by atoms with E-state index in [1.807, 2.05) is 0 Å². The van der Waals surface area contributed by atoms with Crippen molar-refractivity contribution in [1.82, 2.24) is 14.3 Å². The van der Waals surface area contributed by atoms with Crippen LogP contribution >= 0.6 is 0 Å². The van der Waals surface area contributed by atoms with Crippen molar-refractivity contribution in [2.45, 2.75) is 32.9 Å². The Hall–Kier alpha value is -1.39. The predicted molar refractivity (Wildman–Crippen MR) is 77.0 cm³/mol. The number of aromatic nitrogens is 2. The van der Waals surface area contributed by atoms with Crippen molar-refractivity contribution in [2.24, 2.45) is 11.7 Å². The largest absolute Gasteiger partial charge is 0.327 e. The number of rotatable bonds is 2. The first kappa shape index (κ1) is 12.6. The average molecular weight is 258 g/mol. The lowest BCUT2D eigenvalue weighted by Gasteiger charge is -2.34. The van der Waals surface area contributed by atoms with Crippen molar-refractivity contribution in [3.05, 3.63) is 35.8 Å². The summed E-state index contributed by atoms with van der Waals surface area (Å²) in [5.41, 5.74) is 9.50. The maximum absolute atomic E-state index is 6.07. The van der Waals surface area contributed by atoms with E-state index in [2.05, 4.69) is 52.7 Å². The zero-order valence-corrected chi connectivity index (χ0v) is 11.7. The minimum Gasteiger partial charge on any atom is -0.327 e. The molecule has 2 aromatic heterocycles. The molecule has 1 aliphatic rings. The fourth-order valence-corrected chi connectivity index (χ4v) is 2.85. The number of nitrogens with zero attached hydrogens (tertiary/aromatic N) is 3. The molecular formula is C15H22N4. The highest BCUT2D eigenvalue weighted by Crippen LogP contribution is 2.17. The van der Waals surface area contributed by atoms with Gasteiger partial charge in [-0.05, 0) is 30.9 Å². The van der Waals surface area contributed by atoms with Crippen LogP contribution in [0.1, 0.15) is 24.6 Å². The Labute approximate surface area is 114 Å². The van der Waals surface area contributed by atoms with Gasteiger partial charge in [-0.3, -0.25) is 4.90 Å². The highest BCUT2D eigenvalue weighted by atomic mass is 15.2. The van der Waals surface area contributed by atoms with Crippen molar-refractivity contribution in [1.29, 1.82) is 0 Å². The topological polar surface area (TPSA) is 46.6 Å². The molecule has 0 spiro atoms. The van der Waals surface area contributed by atoms with E-state index in [4.69, 9.17) is 5.73 Å². The number of hydrogen-bond acceptors (Lipinski definition) is 3. The molecule has 0 aromatic carbocycles. The zero-order chi connectivity index (χ0) is 13.4. The van der Waals surface area contributed by atoms with E-state index < -0.39 is 0 Å². The predicted octanol–water partition coefficient (Wildman–Crippen LogP) is 1.81. The fourth-order valence-electron chi connectivity index (χ4n) is 2.85. The molecule has 0 saturated carbocycles. The first-order valence-electron chi connectivity index (χ1n) is 7.04. The second kappa shape index (κ2) is 4.94. The summed E-state index contributed by atoms with van der Waals surface area (Å²) >= 11 is 0. The minimum absolute atomic E-state index is 0.361. The molecule has 19 heavy (non-hydrogen) atoms. The third kappa shape index (κ3) is 2.65. The molecular weight excluding hydrogens is 236 g/mol. The maximum atomic E-state index is 6.07. The van der Waals surface area contributed by atoms with Crippen molar-refractivity contribution in [2.75, 3.05) is 13.1 Å². The van der Waals surface area contributed by atoms with Crippen molar-refractivity contribution < 1.29 is 0 Å². The van der Waals surface area contributed by atoms with Gasteiger partial charge in [-0.1, -0.05) is 13.0 Å². The Balaban J connectivity index is 1.74. The molecule has 2 N–H and O–H groups in total. The van der Waals surface area contributed by atoms with Crippen LogP contribution in [0.3, 0.4) is 0 Å². The first-order chi connectivity index (χ1) is 9.11. The highest BCUT2D eigenvalue weighted by Gasteiger charge is 2.23. The maximum Gasteiger partial charge on any atom is 0.137 e. The van der Waals surface area contributed by atoms with E-state index in [-0.39, 0.29) is 0 Å². The average Bonchev–Trinajstić information content (AvgIpc) is 2.75. The van der Waals surface area contributed by atoms with Gasteiger partial charge in [0.05, 0.1) is 5.69 Å². The molecule has 4 heteroatoms. The lowest BCUT2D eigenvalue weighted by atomic mass is 9.95. The molecule has 2 atom stereocenters. The second-order valence-electron chi connectivity index (χ2n) is 5.87. The van der Waals surface area contributed by atoms with Gasteiger partial charge in [0.15, 0.2) is 0 Å². The van der Waals surface area contributed by atoms with Crippen LogP contribution in [0.2, 0.25) is 0 Å². The van der Waals surface area contributed by atoms with Crippen LogP contribution in [0, 0.1) is 12.8 Å². The number of fused-ring (bicyclic) bond motifs is 1. The molecule has 0 bridgehead atoms. The summed E-state index contributed by atoms with van der Waals surface area (Å²) in [4.78, 5) is 7.14. The number of imidazole rings is 1. The number of piperidine rings is 1. The molecule has 0 aliphatic carbocycles. The SMILES string of the molecule is Cc1ccc2nc(CN3CCC(N)C(C)C3)cn2c1. The molecule has 102 valence electrons. The van der Waals surface area contributed by atoms with Crippen molar-refractivity contribution in [3.8, 4) is 0 Å². The van der Waals surface area contributed by atoms with Gasteiger partial charge in [-0.15, -0.1) is 0 Å². The van der Waals surface area contributed by atoms with Gasteiger partial charge in [0.1, 0.15) is 5.65 Å². The Bertz CT molecular complexity index is 575. The van der Waals surface area contributed by atoms with Crippen LogP contribution in [-0.4, -0.2) is 33.4 Å². The fraction of sp³-hybridized carbons (Fsp3) is 0.533. The molecule has 0 amide bonds. The quantitative estimate of drug-likeness (QED) is 0.893. The zero-order valence-electron chi connectivity index (χ0n) is 11.7. The van der Waals surface area contributed by atoms with Crippen LogP contribution in [0.5, 0.6) is 0 Å². The van der Waals surface area contributed by atoms with E-state index in [0.717, 1.165) is 37.4 Å². The Kier molecular flexibility index (Phi) is 3.29. The van der Waals surface area contributed by atoms with Gasteiger partial charge in [-0.25, -0.2) is 4.98 Å². The van der Waals surface area contributed by atoms with Crippen molar-refractivity contribution in [3.63, 3.8) is 0 Å². The molecule has 0 radical (unpaired) electrons. The van der Waals surface area contributed by atoms with Crippen LogP contribution in [0.15, 0.2) is 24.5 Å². The summed E-state index contributed by atoms with van der Waals surface area (Å²) in [6, 6.07) is 4.54. The molecule has 1 saturated heterocycles. The monoisotopic (exact) mass is 258 g/mol. The standard InChI is InChI=1S/C15H22N4/c1-11-3-4-15-17-13(10-19(15)7-11)9-18-6-5-14(16)12(2)8-18/h3-4,7,10,12,14H,5-6,8-9,16H2,1-2H3. The van der Waals surface area contributed by atoms with E-state index in [0.29, 0.717) is 12.0 Å². The Morgan fingerprint density at radius 2 is 2.21 bits per heavy atom. The Morgan fingerprint density at radius 1 is 1.37 bits per heavy atom. The minimum atomic E-state index is 0.361. The summed E-state index contributed by atoms with van der Waals surface area (Å²) in [6.45, 7) is 7.43. The first-order valence-corrected chi connectivity index (χ1v) is 7.04. The molecule has 4 nitrogen and oxygen atoms in total. The molecule has 2 unspecified atom stereocenters. The summed E-state index contributed by atoms with van der Waals surface area (Å²) in [5, 5.41) is 0. The normalized spacial score (nSPS) is 25.0. The summed E-state index contributed by atoms with van der Waals surface area (Å²) < 4.78 is 2.11. The Morgan fingerprint density at radius 3 is 3.00 bits per heavy atom. The number of hydrogen-bond donors (Lipinski definition) is 1. The molecule has 2 aromatic rings. The van der Waals surface area contributed by atoms with Gasteiger partial charge < -0.3 is 10.1 Å². The number of nitrogens with two attached hydrogens (primary N) is 1. The van der Waals surface area contributed by atoms with Gasteiger partial charge in [-0.2, -0.15) is 0 Å². The molecule has 3 rings (SSSR count). The van der Waals surface area contributed by atoms with Crippen LogP contribution in [0.4, 0.5) is 0 Å². The summed E-state index contributed by atoms with van der Waals surface area (Å²) in [5.74, 6) is 0.577. The van der Waals surface area contributed by atoms with E-state index in [1.165, 1.54) is 5.56 Å². The molecule has 1 aliphatic heterocycles. The molecule has 1 fully saturated rings. The summed E-state index contributed by atoms with van der Waals surface area (Å²) in [6.07, 6.45) is 5.36. The molecule has 3 heterocycles. The summed E-state index contributed by atoms with van der Waals surface area (Å²) in [7, 11) is 0. The second-order valence-corrected chi connectivity index (χ2v) is 5.87. The van der Waals surface area contributed by atoms with E-state index >= 15 is 0 Å². The highest BCUT2D eigenvalue weighted by molar-refractivity contribution is 5.41. The van der Waals surface area contributed by atoms with Gasteiger partial charge >= 0.3 is 0 Å². The number of likely N-dealkylation sites (tertiary alicyclic amines) is 1. The van der Waals surface area contributed by atoms with Crippen LogP contribution < -0.4 is 5.73 Å².